The lowest BCUT2D eigenvalue weighted by Crippen LogP contribution is -2.27. The fourth-order valence-corrected chi connectivity index (χ4v) is 2.77. The summed E-state index contributed by atoms with van der Waals surface area (Å²) in [6.45, 7) is 2.33. The van der Waals surface area contributed by atoms with E-state index in [1.54, 1.807) is 20.3 Å². The molecule has 29 heavy (non-hydrogen) atoms. The average molecular weight is 392 g/mol. The largest absolute Gasteiger partial charge is 0.497 e. The third-order valence-corrected chi connectivity index (χ3v) is 4.27. The normalized spacial score (nSPS) is 10.3. The van der Waals surface area contributed by atoms with Crippen LogP contribution in [0.4, 0.5) is 11.6 Å². The molecule has 2 N–H and O–H groups in total. The van der Waals surface area contributed by atoms with E-state index >= 15 is 0 Å². The van der Waals surface area contributed by atoms with E-state index in [9.17, 15) is 4.79 Å². The smallest absolute Gasteiger partial charge is 0.270 e. The van der Waals surface area contributed by atoms with E-state index in [1.807, 2.05) is 55.5 Å². The van der Waals surface area contributed by atoms with E-state index in [1.165, 1.54) is 0 Å². The van der Waals surface area contributed by atoms with E-state index < -0.39 is 0 Å². The van der Waals surface area contributed by atoms with E-state index in [0.29, 0.717) is 30.3 Å². The molecule has 0 saturated heterocycles. The Morgan fingerprint density at radius 2 is 1.72 bits per heavy atom. The summed E-state index contributed by atoms with van der Waals surface area (Å²) in [5.74, 6) is 1.65. The number of nitrogens with one attached hydrogen (secondary N) is 2. The summed E-state index contributed by atoms with van der Waals surface area (Å²) in [5.41, 5.74) is 2.91. The zero-order chi connectivity index (χ0) is 20.6. The van der Waals surface area contributed by atoms with Gasteiger partial charge in [-0.05, 0) is 49.2 Å². The van der Waals surface area contributed by atoms with Gasteiger partial charge in [0.1, 0.15) is 17.2 Å². The molecular weight excluding hydrogens is 368 g/mol. The van der Waals surface area contributed by atoms with Crippen LogP contribution in [-0.2, 0) is 6.42 Å². The first-order valence-corrected chi connectivity index (χ1v) is 9.25. The van der Waals surface area contributed by atoms with Gasteiger partial charge in [-0.15, -0.1) is 0 Å². The molecule has 0 unspecified atom stereocenters. The van der Waals surface area contributed by atoms with Crippen molar-refractivity contribution >= 4 is 17.5 Å². The molecule has 0 saturated carbocycles. The zero-order valence-corrected chi connectivity index (χ0v) is 16.7. The summed E-state index contributed by atoms with van der Waals surface area (Å²) in [6.07, 6.45) is 0.717. The van der Waals surface area contributed by atoms with Crippen molar-refractivity contribution in [2.45, 2.75) is 13.3 Å². The lowest BCUT2D eigenvalue weighted by Gasteiger charge is -2.10. The van der Waals surface area contributed by atoms with E-state index in [2.05, 4.69) is 20.6 Å². The number of hydrogen-bond donors (Lipinski definition) is 2. The molecule has 0 atom stereocenters. The highest BCUT2D eigenvalue weighted by Gasteiger charge is 2.11. The van der Waals surface area contributed by atoms with Gasteiger partial charge < -0.3 is 20.1 Å². The Morgan fingerprint density at radius 3 is 2.45 bits per heavy atom. The highest BCUT2D eigenvalue weighted by atomic mass is 16.5. The van der Waals surface area contributed by atoms with Gasteiger partial charge in [-0.2, -0.15) is 0 Å². The Morgan fingerprint density at radius 1 is 0.966 bits per heavy atom. The van der Waals surface area contributed by atoms with Crippen molar-refractivity contribution in [3.05, 3.63) is 71.5 Å². The minimum Gasteiger partial charge on any atom is -0.497 e. The molecule has 1 aromatic heterocycles. The number of rotatable bonds is 8. The summed E-state index contributed by atoms with van der Waals surface area (Å²) in [6, 6.07) is 16.9. The number of carbonyl (C=O) groups excluding carboxylic acids is 1. The maximum atomic E-state index is 12.5. The van der Waals surface area contributed by atoms with Crippen LogP contribution in [0.5, 0.6) is 11.5 Å². The van der Waals surface area contributed by atoms with Gasteiger partial charge in [0.05, 0.1) is 14.2 Å². The molecule has 7 heteroatoms. The molecule has 3 rings (SSSR count). The standard InChI is InChI=1S/C22H24N4O3/c1-15-13-20(21(27)23-12-11-16-7-9-18(28-2)10-8-16)26-22(24-15)25-17-5-4-6-19(14-17)29-3/h4-10,13-14H,11-12H2,1-3H3,(H,23,27)(H,24,25,26). The molecule has 7 nitrogen and oxygen atoms in total. The van der Waals surface area contributed by atoms with Gasteiger partial charge in [0.25, 0.3) is 5.91 Å². The summed E-state index contributed by atoms with van der Waals surface area (Å²) in [5, 5.41) is 6.02. The van der Waals surface area contributed by atoms with Crippen LogP contribution >= 0.6 is 0 Å². The first kappa shape index (κ1) is 20.1. The van der Waals surface area contributed by atoms with Crippen LogP contribution in [0.3, 0.4) is 0 Å². The summed E-state index contributed by atoms with van der Waals surface area (Å²) in [7, 11) is 3.24. The van der Waals surface area contributed by atoms with E-state index in [-0.39, 0.29) is 5.91 Å². The maximum Gasteiger partial charge on any atom is 0.270 e. The Hall–Kier alpha value is -3.61. The number of carbonyl (C=O) groups is 1. The molecule has 0 aliphatic carbocycles. The highest BCUT2D eigenvalue weighted by molar-refractivity contribution is 5.92. The van der Waals surface area contributed by atoms with Crippen molar-refractivity contribution in [1.29, 1.82) is 0 Å². The van der Waals surface area contributed by atoms with Gasteiger partial charge in [0.15, 0.2) is 0 Å². The number of anilines is 2. The van der Waals surface area contributed by atoms with Crippen molar-refractivity contribution in [2.75, 3.05) is 26.1 Å². The van der Waals surface area contributed by atoms with Gasteiger partial charge in [0.2, 0.25) is 5.95 Å². The number of amides is 1. The first-order valence-electron chi connectivity index (χ1n) is 9.25. The molecule has 150 valence electrons. The molecule has 0 aliphatic rings. The molecule has 3 aromatic rings. The van der Waals surface area contributed by atoms with Crippen LogP contribution in [-0.4, -0.2) is 36.6 Å². The first-order chi connectivity index (χ1) is 14.1. The minimum atomic E-state index is -0.238. The predicted octanol–water partition coefficient (Wildman–Crippen LogP) is 3.52. The molecule has 2 aromatic carbocycles. The zero-order valence-electron chi connectivity index (χ0n) is 16.7. The summed E-state index contributed by atoms with van der Waals surface area (Å²) in [4.78, 5) is 21.2. The van der Waals surface area contributed by atoms with Gasteiger partial charge in [-0.25, -0.2) is 9.97 Å². The second kappa shape index (κ2) is 9.54. The molecule has 0 radical (unpaired) electrons. The monoisotopic (exact) mass is 392 g/mol. The minimum absolute atomic E-state index is 0.238. The molecule has 0 bridgehead atoms. The van der Waals surface area contributed by atoms with Crippen LogP contribution in [0.1, 0.15) is 21.7 Å². The number of aryl methyl sites for hydroxylation is 1. The second-order valence-corrected chi connectivity index (χ2v) is 6.43. The molecular formula is C22H24N4O3. The molecule has 0 fully saturated rings. The molecule has 1 heterocycles. The number of ether oxygens (including phenoxy) is 2. The predicted molar refractivity (Wildman–Crippen MR) is 112 cm³/mol. The lowest BCUT2D eigenvalue weighted by atomic mass is 10.1. The average Bonchev–Trinajstić information content (AvgIpc) is 2.74. The van der Waals surface area contributed by atoms with E-state index in [4.69, 9.17) is 9.47 Å². The van der Waals surface area contributed by atoms with Crippen LogP contribution in [0.25, 0.3) is 0 Å². The molecule has 0 aliphatic heterocycles. The quantitative estimate of drug-likeness (QED) is 0.610. The third-order valence-electron chi connectivity index (χ3n) is 4.27. The number of aromatic nitrogens is 2. The van der Waals surface area contributed by atoms with Crippen molar-refractivity contribution in [1.82, 2.24) is 15.3 Å². The lowest BCUT2D eigenvalue weighted by molar-refractivity contribution is 0.0949. The number of nitrogens with zero attached hydrogens (tertiary/aromatic N) is 2. The van der Waals surface area contributed by atoms with E-state index in [0.717, 1.165) is 22.7 Å². The van der Waals surface area contributed by atoms with Gasteiger partial charge >= 0.3 is 0 Å². The van der Waals surface area contributed by atoms with Gasteiger partial charge in [0, 0.05) is 24.0 Å². The Labute approximate surface area is 170 Å². The van der Waals surface area contributed by atoms with Crippen LogP contribution in [0.15, 0.2) is 54.6 Å². The topological polar surface area (TPSA) is 85.4 Å². The van der Waals surface area contributed by atoms with Gasteiger partial charge in [-0.3, -0.25) is 4.79 Å². The number of hydrogen-bond acceptors (Lipinski definition) is 6. The second-order valence-electron chi connectivity index (χ2n) is 6.43. The highest BCUT2D eigenvalue weighted by Crippen LogP contribution is 2.20. The van der Waals surface area contributed by atoms with Crippen LogP contribution in [0, 0.1) is 6.92 Å². The molecule has 1 amide bonds. The Kier molecular flexibility index (Phi) is 6.63. The SMILES string of the molecule is COc1ccc(CCNC(=O)c2cc(C)nc(Nc3cccc(OC)c3)n2)cc1. The fourth-order valence-electron chi connectivity index (χ4n) is 2.77. The maximum absolute atomic E-state index is 12.5. The van der Waals surface area contributed by atoms with Crippen molar-refractivity contribution in [2.24, 2.45) is 0 Å². The summed E-state index contributed by atoms with van der Waals surface area (Å²) >= 11 is 0. The molecule has 0 spiro atoms. The van der Waals surface area contributed by atoms with Crippen molar-refractivity contribution in [3.63, 3.8) is 0 Å². The van der Waals surface area contributed by atoms with Crippen LogP contribution < -0.4 is 20.1 Å². The van der Waals surface area contributed by atoms with Crippen molar-refractivity contribution < 1.29 is 14.3 Å². The number of methoxy groups -OCH3 is 2. The van der Waals surface area contributed by atoms with Gasteiger partial charge in [-0.1, -0.05) is 18.2 Å². The summed E-state index contributed by atoms with van der Waals surface area (Å²) < 4.78 is 10.4. The van der Waals surface area contributed by atoms with Crippen molar-refractivity contribution in [3.8, 4) is 11.5 Å². The Bertz CT molecular complexity index is 974. The number of benzene rings is 2. The third kappa shape index (κ3) is 5.68. The van der Waals surface area contributed by atoms with Crippen LogP contribution in [0.2, 0.25) is 0 Å². The fraction of sp³-hybridized carbons (Fsp3) is 0.227. The Balaban J connectivity index is 1.62.